The third-order valence-electron chi connectivity index (χ3n) is 5.55. The minimum absolute atomic E-state index is 0.249. The third kappa shape index (κ3) is 3.92. The molecule has 7 nitrogen and oxygen atoms in total. The van der Waals surface area contributed by atoms with Crippen molar-refractivity contribution >= 4 is 11.8 Å². The second-order valence-electron chi connectivity index (χ2n) is 7.75. The first-order chi connectivity index (χ1) is 16.8. The van der Waals surface area contributed by atoms with E-state index in [1.54, 1.807) is 12.1 Å². The van der Waals surface area contributed by atoms with Crippen LogP contribution < -0.4 is 18.9 Å². The predicted molar refractivity (Wildman–Crippen MR) is 124 cm³/mol. The first-order valence-corrected chi connectivity index (χ1v) is 11.8. The minimum atomic E-state index is -0.474. The summed E-state index contributed by atoms with van der Waals surface area (Å²) in [7, 11) is 0. The summed E-state index contributed by atoms with van der Waals surface area (Å²) < 4.78 is 39.7. The molecule has 0 saturated carbocycles. The van der Waals surface area contributed by atoms with E-state index < -0.39 is 6.10 Å². The molecule has 1 aromatic heterocycles. The molecule has 0 radical (unpaired) electrons. The Labute approximate surface area is 199 Å². The van der Waals surface area contributed by atoms with E-state index in [0.29, 0.717) is 58.5 Å². The molecule has 0 bridgehead atoms. The van der Waals surface area contributed by atoms with Crippen LogP contribution in [0, 0.1) is 5.82 Å². The molecule has 2 aliphatic rings. The van der Waals surface area contributed by atoms with Crippen molar-refractivity contribution in [2.24, 2.45) is 0 Å². The zero-order chi connectivity index (χ0) is 22.9. The van der Waals surface area contributed by atoms with Crippen molar-refractivity contribution < 1.29 is 23.3 Å². The molecule has 4 aromatic rings. The highest BCUT2D eigenvalue weighted by Gasteiger charge is 2.30. The van der Waals surface area contributed by atoms with E-state index in [2.05, 4.69) is 10.2 Å². The molecular formula is C25H20FN3O4S. The Hall–Kier alpha value is -3.72. The van der Waals surface area contributed by atoms with Gasteiger partial charge in [0.05, 0.1) is 5.69 Å². The average Bonchev–Trinajstić information content (AvgIpc) is 3.31. The summed E-state index contributed by atoms with van der Waals surface area (Å²) in [6, 6.07) is 19.9. The smallest absolute Gasteiger partial charge is 0.196 e. The van der Waals surface area contributed by atoms with Crippen molar-refractivity contribution in [1.82, 2.24) is 14.8 Å². The fourth-order valence-corrected chi connectivity index (χ4v) is 4.85. The fourth-order valence-electron chi connectivity index (χ4n) is 3.90. The molecule has 0 N–H and O–H groups in total. The van der Waals surface area contributed by atoms with Crippen molar-refractivity contribution in [3.63, 3.8) is 0 Å². The Morgan fingerprint density at radius 3 is 2.50 bits per heavy atom. The molecule has 2 aliphatic heterocycles. The lowest BCUT2D eigenvalue weighted by atomic mass is 10.2. The van der Waals surface area contributed by atoms with E-state index in [0.717, 1.165) is 5.69 Å². The molecule has 0 aliphatic carbocycles. The molecule has 0 amide bonds. The van der Waals surface area contributed by atoms with Crippen LogP contribution >= 0.6 is 11.8 Å². The van der Waals surface area contributed by atoms with Gasteiger partial charge in [-0.2, -0.15) is 0 Å². The van der Waals surface area contributed by atoms with Gasteiger partial charge in [-0.05, 0) is 35.9 Å². The van der Waals surface area contributed by atoms with Crippen LogP contribution in [0.3, 0.4) is 0 Å². The summed E-state index contributed by atoms with van der Waals surface area (Å²) in [5, 5.41) is 9.49. The monoisotopic (exact) mass is 477 g/mol. The molecule has 3 heterocycles. The largest absolute Gasteiger partial charge is 0.486 e. The van der Waals surface area contributed by atoms with Gasteiger partial charge in [0.2, 0.25) is 0 Å². The van der Waals surface area contributed by atoms with Gasteiger partial charge in [-0.3, -0.25) is 4.57 Å². The molecule has 3 aromatic carbocycles. The van der Waals surface area contributed by atoms with Gasteiger partial charge in [-0.15, -0.1) is 10.2 Å². The summed E-state index contributed by atoms with van der Waals surface area (Å²) in [4.78, 5) is 0. The maximum absolute atomic E-state index is 14.2. The zero-order valence-electron chi connectivity index (χ0n) is 18.0. The number of halogens is 1. The van der Waals surface area contributed by atoms with Gasteiger partial charge in [0.25, 0.3) is 0 Å². The lowest BCUT2D eigenvalue weighted by Gasteiger charge is -2.26. The van der Waals surface area contributed by atoms with Crippen LogP contribution in [0.4, 0.5) is 4.39 Å². The number of nitrogens with zero attached hydrogens (tertiary/aromatic N) is 3. The third-order valence-corrected chi connectivity index (χ3v) is 6.53. The van der Waals surface area contributed by atoms with Crippen molar-refractivity contribution in [3.8, 4) is 28.7 Å². The molecule has 9 heteroatoms. The van der Waals surface area contributed by atoms with Crippen LogP contribution in [0.5, 0.6) is 23.0 Å². The van der Waals surface area contributed by atoms with Crippen molar-refractivity contribution in [2.75, 3.05) is 19.8 Å². The van der Waals surface area contributed by atoms with E-state index >= 15 is 0 Å². The van der Waals surface area contributed by atoms with Crippen LogP contribution in [0.25, 0.3) is 5.69 Å². The SMILES string of the molecule is Fc1ccccc1CSc1nnc([C@@H]2COc3ccccc3O2)n1-c1ccc2c(c1)OCCO2. The van der Waals surface area contributed by atoms with Crippen LogP contribution in [-0.2, 0) is 5.75 Å². The van der Waals surface area contributed by atoms with Gasteiger partial charge in [-0.25, -0.2) is 4.39 Å². The number of hydrogen-bond donors (Lipinski definition) is 0. The van der Waals surface area contributed by atoms with Gasteiger partial charge >= 0.3 is 0 Å². The summed E-state index contributed by atoms with van der Waals surface area (Å²) in [5.41, 5.74) is 1.39. The number of fused-ring (bicyclic) bond motifs is 2. The summed E-state index contributed by atoms with van der Waals surface area (Å²) in [6.45, 7) is 1.29. The second kappa shape index (κ2) is 8.90. The Kier molecular flexibility index (Phi) is 5.46. The van der Waals surface area contributed by atoms with Gasteiger partial charge in [0.1, 0.15) is 25.6 Å². The zero-order valence-corrected chi connectivity index (χ0v) is 18.8. The summed E-state index contributed by atoms with van der Waals surface area (Å²) >= 11 is 1.40. The topological polar surface area (TPSA) is 67.6 Å². The second-order valence-corrected chi connectivity index (χ2v) is 8.69. The molecule has 34 heavy (non-hydrogen) atoms. The van der Waals surface area contributed by atoms with Gasteiger partial charge < -0.3 is 18.9 Å². The van der Waals surface area contributed by atoms with Crippen LogP contribution in [-0.4, -0.2) is 34.6 Å². The number of para-hydroxylation sites is 2. The molecule has 6 rings (SSSR count). The van der Waals surface area contributed by atoms with Crippen LogP contribution in [0.2, 0.25) is 0 Å². The normalized spacial score (nSPS) is 16.3. The lowest BCUT2D eigenvalue weighted by molar-refractivity contribution is 0.0835. The molecule has 0 spiro atoms. The molecular weight excluding hydrogens is 457 g/mol. The Morgan fingerprint density at radius 2 is 1.62 bits per heavy atom. The fraction of sp³-hybridized carbons (Fsp3) is 0.200. The highest BCUT2D eigenvalue weighted by atomic mass is 32.2. The van der Waals surface area contributed by atoms with Crippen LogP contribution in [0.1, 0.15) is 17.5 Å². The number of thioether (sulfide) groups is 1. The number of rotatable bonds is 5. The Morgan fingerprint density at radius 1 is 0.853 bits per heavy atom. The molecule has 0 fully saturated rings. The van der Waals surface area contributed by atoms with E-state index in [9.17, 15) is 4.39 Å². The quantitative estimate of drug-likeness (QED) is 0.376. The standard InChI is InChI=1S/C25H20FN3O4S/c26-18-6-2-1-5-16(18)15-34-25-28-27-24(23-14-32-19-7-3-4-8-21(19)33-23)29(25)17-9-10-20-22(13-17)31-12-11-30-20/h1-10,13,23H,11-12,14-15H2/t23-/m0/s1. The van der Waals surface area contributed by atoms with Crippen LogP contribution in [0.15, 0.2) is 71.9 Å². The molecule has 0 saturated heterocycles. The van der Waals surface area contributed by atoms with Gasteiger partial charge in [-0.1, -0.05) is 42.1 Å². The summed E-state index contributed by atoms with van der Waals surface area (Å²) in [6.07, 6.45) is -0.474. The van der Waals surface area contributed by atoms with Crippen molar-refractivity contribution in [1.29, 1.82) is 0 Å². The summed E-state index contributed by atoms with van der Waals surface area (Å²) in [5.74, 6) is 3.42. The Bertz CT molecular complexity index is 1350. The first-order valence-electron chi connectivity index (χ1n) is 10.9. The van der Waals surface area contributed by atoms with Crippen molar-refractivity contribution in [3.05, 3.63) is 83.9 Å². The number of ether oxygens (including phenoxy) is 4. The van der Waals surface area contributed by atoms with E-state index in [4.69, 9.17) is 18.9 Å². The average molecular weight is 478 g/mol. The van der Waals surface area contributed by atoms with Gasteiger partial charge in [0, 0.05) is 11.8 Å². The Balaban J connectivity index is 1.38. The molecule has 0 unspecified atom stereocenters. The first kappa shape index (κ1) is 20.9. The van der Waals surface area contributed by atoms with E-state index in [-0.39, 0.29) is 12.4 Å². The number of benzene rings is 3. The maximum atomic E-state index is 14.2. The minimum Gasteiger partial charge on any atom is -0.486 e. The maximum Gasteiger partial charge on any atom is 0.196 e. The highest BCUT2D eigenvalue weighted by Crippen LogP contribution is 2.39. The predicted octanol–water partition coefficient (Wildman–Crippen LogP) is 4.98. The van der Waals surface area contributed by atoms with E-state index in [1.807, 2.05) is 53.1 Å². The van der Waals surface area contributed by atoms with Gasteiger partial charge in [0.15, 0.2) is 40.1 Å². The van der Waals surface area contributed by atoms with E-state index in [1.165, 1.54) is 17.8 Å². The number of hydrogen-bond acceptors (Lipinski definition) is 7. The lowest BCUT2D eigenvalue weighted by Crippen LogP contribution is -2.24. The highest BCUT2D eigenvalue weighted by molar-refractivity contribution is 7.98. The molecule has 172 valence electrons. The molecule has 1 atom stereocenters. The number of aromatic nitrogens is 3. The van der Waals surface area contributed by atoms with Crippen molar-refractivity contribution in [2.45, 2.75) is 17.0 Å².